The van der Waals surface area contributed by atoms with E-state index in [0.29, 0.717) is 28.0 Å². The number of hydrogen-bond acceptors (Lipinski definition) is 6. The van der Waals surface area contributed by atoms with Crippen LogP contribution in [-0.4, -0.2) is 60.0 Å². The molecule has 3 amide bonds. The fourth-order valence-electron chi connectivity index (χ4n) is 6.30. The Morgan fingerprint density at radius 2 is 1.68 bits per heavy atom. The molecule has 4 aliphatic rings. The van der Waals surface area contributed by atoms with Gasteiger partial charge in [0.15, 0.2) is 0 Å². The average Bonchev–Trinajstić information content (AvgIpc) is 3.36. The zero-order valence-electron chi connectivity index (χ0n) is 23.9. The van der Waals surface area contributed by atoms with Crippen LogP contribution in [-0.2, 0) is 14.3 Å². The molecular weight excluding hydrogens is 544 g/mol. The summed E-state index contributed by atoms with van der Waals surface area (Å²) in [4.78, 5) is 36.2. The maximum atomic E-state index is 14.5. The molecule has 0 saturated carbocycles. The number of hydrogen-bond donors (Lipinski definition) is 1. The molecule has 9 nitrogen and oxygen atoms in total. The van der Waals surface area contributed by atoms with Crippen molar-refractivity contribution >= 4 is 29.4 Å². The minimum absolute atomic E-state index is 0.133. The number of benzene rings is 2. The van der Waals surface area contributed by atoms with Gasteiger partial charge >= 0.3 is 6.03 Å². The number of carbonyl (C=O) groups is 2. The maximum Gasteiger partial charge on any atom is 0.330 e. The van der Waals surface area contributed by atoms with Gasteiger partial charge in [0.1, 0.15) is 40.9 Å². The zero-order chi connectivity index (χ0) is 29.3. The Balaban J connectivity index is 1.62. The lowest BCUT2D eigenvalue weighted by molar-refractivity contribution is -0.123. The minimum Gasteiger partial charge on any atom is -0.497 e. The van der Waals surface area contributed by atoms with E-state index >= 15 is 0 Å². The number of amides is 3. The molecule has 2 aromatic carbocycles. The molecule has 0 bridgehead atoms. The molecule has 214 valence electrons. The van der Waals surface area contributed by atoms with Crippen LogP contribution in [0.4, 0.5) is 4.79 Å². The molecule has 10 heteroatoms. The Hall–Kier alpha value is -3.82. The Bertz CT molecular complexity index is 1520. The van der Waals surface area contributed by atoms with Gasteiger partial charge in [0.2, 0.25) is 5.91 Å². The Labute approximate surface area is 244 Å². The van der Waals surface area contributed by atoms with Crippen molar-refractivity contribution in [3.63, 3.8) is 0 Å². The molecular formula is C31H33ClN4O5. The average molecular weight is 577 g/mol. The number of methoxy groups -OCH3 is 2. The molecule has 3 heterocycles. The van der Waals surface area contributed by atoms with Crippen LogP contribution in [0.15, 0.2) is 76.8 Å². The summed E-state index contributed by atoms with van der Waals surface area (Å²) < 4.78 is 17.8. The molecule has 1 N–H and O–H groups in total. The van der Waals surface area contributed by atoms with Gasteiger partial charge in [-0.1, -0.05) is 35.9 Å². The van der Waals surface area contributed by atoms with Crippen LogP contribution < -0.4 is 10.1 Å². The van der Waals surface area contributed by atoms with Crippen LogP contribution in [0.25, 0.3) is 0 Å². The van der Waals surface area contributed by atoms with Crippen molar-refractivity contribution in [3.8, 4) is 5.75 Å². The first-order chi connectivity index (χ1) is 19.5. The fourth-order valence-corrected chi connectivity index (χ4v) is 6.43. The topological polar surface area (TPSA) is 92.7 Å². The van der Waals surface area contributed by atoms with E-state index in [2.05, 4.69) is 5.32 Å². The van der Waals surface area contributed by atoms with E-state index in [0.717, 1.165) is 16.9 Å². The van der Waals surface area contributed by atoms with E-state index in [4.69, 9.17) is 30.8 Å². The lowest BCUT2D eigenvalue weighted by Gasteiger charge is -2.54. The van der Waals surface area contributed by atoms with E-state index in [-0.39, 0.29) is 24.6 Å². The van der Waals surface area contributed by atoms with Crippen LogP contribution >= 0.6 is 11.6 Å². The molecule has 0 aromatic heterocycles. The van der Waals surface area contributed by atoms with Gasteiger partial charge in [0.25, 0.3) is 0 Å². The molecule has 3 aliphatic heterocycles. The van der Waals surface area contributed by atoms with Gasteiger partial charge < -0.3 is 19.5 Å². The number of rotatable bonds is 6. The number of ether oxygens (including phenoxy) is 3. The Kier molecular flexibility index (Phi) is 6.43. The summed E-state index contributed by atoms with van der Waals surface area (Å²) in [5.74, 6) is 1.59. The van der Waals surface area contributed by atoms with Gasteiger partial charge in [0, 0.05) is 12.1 Å². The van der Waals surface area contributed by atoms with Crippen molar-refractivity contribution in [2.24, 2.45) is 10.4 Å². The Morgan fingerprint density at radius 3 is 2.29 bits per heavy atom. The minimum atomic E-state index is -1.03. The van der Waals surface area contributed by atoms with E-state index < -0.39 is 23.1 Å². The Morgan fingerprint density at radius 1 is 1.02 bits per heavy atom. The number of amidine groups is 1. The summed E-state index contributed by atoms with van der Waals surface area (Å²) in [5.41, 5.74) is 0.892. The first-order valence-electron chi connectivity index (χ1n) is 13.6. The van der Waals surface area contributed by atoms with Crippen LogP contribution in [0.3, 0.4) is 0 Å². The van der Waals surface area contributed by atoms with E-state index in [1.165, 1.54) is 0 Å². The van der Waals surface area contributed by atoms with Gasteiger partial charge in [-0.15, -0.1) is 0 Å². The van der Waals surface area contributed by atoms with Gasteiger partial charge in [-0.3, -0.25) is 19.6 Å². The van der Waals surface area contributed by atoms with Crippen molar-refractivity contribution in [1.82, 2.24) is 15.1 Å². The lowest BCUT2D eigenvalue weighted by atomic mass is 9.71. The predicted molar refractivity (Wildman–Crippen MR) is 154 cm³/mol. The van der Waals surface area contributed by atoms with Crippen LogP contribution in [0, 0.1) is 5.41 Å². The third-order valence-electron chi connectivity index (χ3n) is 8.35. The van der Waals surface area contributed by atoms with Crippen molar-refractivity contribution in [2.45, 2.75) is 51.5 Å². The second-order valence-corrected chi connectivity index (χ2v) is 11.7. The number of urea groups is 1. The molecule has 1 fully saturated rings. The molecule has 6 rings (SSSR count). The van der Waals surface area contributed by atoms with Crippen LogP contribution in [0.2, 0.25) is 5.02 Å². The van der Waals surface area contributed by atoms with Gasteiger partial charge in [-0.2, -0.15) is 0 Å². The third-order valence-corrected chi connectivity index (χ3v) is 8.60. The van der Waals surface area contributed by atoms with Gasteiger partial charge in [-0.05, 0) is 69.2 Å². The highest BCUT2D eigenvalue weighted by atomic mass is 35.5. The summed E-state index contributed by atoms with van der Waals surface area (Å²) in [6.07, 6.45) is 1.73. The van der Waals surface area contributed by atoms with Crippen LogP contribution in [0.1, 0.15) is 50.9 Å². The molecule has 2 aromatic rings. The summed E-state index contributed by atoms with van der Waals surface area (Å²) in [6.45, 7) is 7.64. The standard InChI is InChI=1S/C31H33ClN4O5/c1-17(2)41-22-15-30(3,40-6)26-27-31(22,4)28-34-24(18-9-13-21(39-5)14-10-18)25(19-7-11-20(32)12-8-19)36(28)29(38)35(27)16-23(37)33-26/h7-15,17,24-25H,16H2,1-6H3,(H,33,37)/t24-,25+,30?,31?/m0/s1. The van der Waals surface area contributed by atoms with E-state index in [1.807, 2.05) is 82.3 Å². The SMILES string of the molecule is COc1ccc([C@@H]2N=C3N(C(=O)N4CC(=O)NC5=C4C3(C)C(OC(C)C)=CC5(C)OC)[C@@H]2c2ccc(Cl)cc2)cc1. The van der Waals surface area contributed by atoms with E-state index in [1.54, 1.807) is 24.0 Å². The second kappa shape index (κ2) is 9.63. The first-order valence-corrected chi connectivity index (χ1v) is 14.0. The van der Waals surface area contributed by atoms with Gasteiger partial charge in [0.05, 0.1) is 30.6 Å². The van der Waals surface area contributed by atoms with Crippen LogP contribution in [0.5, 0.6) is 5.75 Å². The fraction of sp³-hybridized carbons (Fsp3) is 0.387. The highest BCUT2D eigenvalue weighted by Crippen LogP contribution is 2.57. The molecule has 0 spiro atoms. The number of carbonyl (C=O) groups excluding carboxylic acids is 2. The smallest absolute Gasteiger partial charge is 0.330 e. The molecule has 1 saturated heterocycles. The summed E-state index contributed by atoms with van der Waals surface area (Å²) in [6, 6.07) is 13.9. The van der Waals surface area contributed by atoms with Gasteiger partial charge in [-0.25, -0.2) is 4.79 Å². The predicted octanol–water partition coefficient (Wildman–Crippen LogP) is 5.36. The quantitative estimate of drug-likeness (QED) is 0.500. The van der Waals surface area contributed by atoms with Crippen molar-refractivity contribution in [1.29, 1.82) is 0 Å². The highest BCUT2D eigenvalue weighted by molar-refractivity contribution is 6.30. The van der Waals surface area contributed by atoms with Crippen molar-refractivity contribution in [2.75, 3.05) is 20.8 Å². The molecule has 1 aliphatic carbocycles. The summed E-state index contributed by atoms with van der Waals surface area (Å²) in [7, 11) is 3.20. The van der Waals surface area contributed by atoms with Crippen molar-refractivity contribution in [3.05, 3.63) is 87.9 Å². The number of halogens is 1. The molecule has 2 unspecified atom stereocenters. The lowest BCUT2D eigenvalue weighted by Crippen LogP contribution is -2.66. The largest absolute Gasteiger partial charge is 0.497 e. The van der Waals surface area contributed by atoms with Crippen molar-refractivity contribution < 1.29 is 23.8 Å². The first kappa shape index (κ1) is 27.4. The number of aliphatic imine (C=N–C) groups is 1. The normalized spacial score (nSPS) is 28.7. The molecule has 4 atom stereocenters. The zero-order valence-corrected chi connectivity index (χ0v) is 24.7. The summed E-state index contributed by atoms with van der Waals surface area (Å²) >= 11 is 6.26. The number of nitrogens with one attached hydrogen (secondary N) is 1. The summed E-state index contributed by atoms with van der Waals surface area (Å²) in [5, 5.41) is 3.60. The maximum absolute atomic E-state index is 14.5. The monoisotopic (exact) mass is 576 g/mol. The number of nitrogens with zero attached hydrogens (tertiary/aromatic N) is 3. The molecule has 41 heavy (non-hydrogen) atoms. The third kappa shape index (κ3) is 4.05. The van der Waals surface area contributed by atoms with E-state index in [9.17, 15) is 9.59 Å². The number of fused-ring (bicyclic) bond motifs is 2. The second-order valence-electron chi connectivity index (χ2n) is 11.3. The molecule has 0 radical (unpaired) electrons. The highest BCUT2D eigenvalue weighted by Gasteiger charge is 2.63.